The standard InChI is InChI=1S/C24H28N6O3S/c1-13-2-5-16-20(26)21(34-23(16)27-13)22(31)28-15-4-6-17-14(10-15)3-7-19(29-17)30-11-18(25)24(12-30)32-8-9-33-24/h2-3,5,7,15,18H,4,6,8-12,25-26H2,1H3,(H,28,31). The number of anilines is 2. The second-order valence-electron chi connectivity index (χ2n) is 9.33. The molecule has 1 spiro atoms. The lowest BCUT2D eigenvalue weighted by atomic mass is 9.91. The molecule has 0 bridgehead atoms. The average molecular weight is 481 g/mol. The Kier molecular flexibility index (Phi) is 5.21. The highest BCUT2D eigenvalue weighted by Gasteiger charge is 2.50. The quantitative estimate of drug-likeness (QED) is 0.517. The Morgan fingerprint density at radius 3 is 2.88 bits per heavy atom. The molecule has 2 unspecified atom stereocenters. The fraction of sp³-hybridized carbons (Fsp3) is 0.458. The van der Waals surface area contributed by atoms with E-state index in [0.717, 1.165) is 52.2 Å². The topological polar surface area (TPSA) is 129 Å². The number of ether oxygens (including phenoxy) is 2. The van der Waals surface area contributed by atoms with Gasteiger partial charge in [-0.15, -0.1) is 11.3 Å². The van der Waals surface area contributed by atoms with Crippen LogP contribution >= 0.6 is 11.3 Å². The molecule has 178 valence electrons. The number of carbonyl (C=O) groups is 1. The number of aryl methyl sites for hydroxylation is 2. The normalized spacial score (nSPS) is 23.5. The number of hydrogen-bond acceptors (Lipinski definition) is 9. The van der Waals surface area contributed by atoms with Crippen molar-refractivity contribution >= 4 is 39.0 Å². The Balaban J connectivity index is 1.15. The molecule has 10 heteroatoms. The smallest absolute Gasteiger partial charge is 0.263 e. The molecule has 0 radical (unpaired) electrons. The predicted octanol–water partition coefficient (Wildman–Crippen LogP) is 1.76. The zero-order valence-corrected chi connectivity index (χ0v) is 19.9. The number of carbonyl (C=O) groups excluding carboxylic acids is 1. The zero-order valence-electron chi connectivity index (χ0n) is 19.0. The molecule has 0 saturated carbocycles. The van der Waals surface area contributed by atoms with Crippen molar-refractivity contribution in [2.24, 2.45) is 5.73 Å². The Bertz CT molecular complexity index is 1270. The van der Waals surface area contributed by atoms with Gasteiger partial charge >= 0.3 is 0 Å². The average Bonchev–Trinajstić information content (AvgIpc) is 3.52. The highest BCUT2D eigenvalue weighted by Crippen LogP contribution is 2.34. The molecule has 3 aromatic rings. The van der Waals surface area contributed by atoms with Gasteiger partial charge in [-0.3, -0.25) is 4.79 Å². The van der Waals surface area contributed by atoms with Crippen molar-refractivity contribution in [1.29, 1.82) is 0 Å². The summed E-state index contributed by atoms with van der Waals surface area (Å²) in [6, 6.07) is 7.82. The van der Waals surface area contributed by atoms with Crippen molar-refractivity contribution in [3.05, 3.63) is 46.1 Å². The second-order valence-corrected chi connectivity index (χ2v) is 10.3. The number of thiophene rings is 1. The van der Waals surface area contributed by atoms with E-state index < -0.39 is 5.79 Å². The van der Waals surface area contributed by atoms with Crippen molar-refractivity contribution in [3.8, 4) is 0 Å². The lowest BCUT2D eigenvalue weighted by Crippen LogP contribution is -2.47. The summed E-state index contributed by atoms with van der Waals surface area (Å²) >= 11 is 1.35. The van der Waals surface area contributed by atoms with Gasteiger partial charge in [-0.25, -0.2) is 9.97 Å². The Labute approximate surface area is 201 Å². The summed E-state index contributed by atoms with van der Waals surface area (Å²) in [4.78, 5) is 25.9. The molecule has 9 nitrogen and oxygen atoms in total. The van der Waals surface area contributed by atoms with Crippen LogP contribution in [-0.4, -0.2) is 60.0 Å². The van der Waals surface area contributed by atoms with E-state index >= 15 is 0 Å². The highest BCUT2D eigenvalue weighted by molar-refractivity contribution is 7.21. The third kappa shape index (κ3) is 3.61. The van der Waals surface area contributed by atoms with Gasteiger partial charge in [-0.2, -0.15) is 0 Å². The van der Waals surface area contributed by atoms with E-state index in [0.29, 0.717) is 36.9 Å². The zero-order chi connectivity index (χ0) is 23.4. The van der Waals surface area contributed by atoms with E-state index in [2.05, 4.69) is 21.3 Å². The van der Waals surface area contributed by atoms with Gasteiger partial charge in [0, 0.05) is 29.4 Å². The molecular weight excluding hydrogens is 452 g/mol. The minimum atomic E-state index is -0.713. The summed E-state index contributed by atoms with van der Waals surface area (Å²) in [7, 11) is 0. The minimum Gasteiger partial charge on any atom is -0.397 e. The monoisotopic (exact) mass is 480 g/mol. The maximum atomic E-state index is 13.0. The Morgan fingerprint density at radius 1 is 1.24 bits per heavy atom. The van der Waals surface area contributed by atoms with Crippen molar-refractivity contribution in [1.82, 2.24) is 15.3 Å². The van der Waals surface area contributed by atoms with Crippen LogP contribution in [0.4, 0.5) is 11.5 Å². The fourth-order valence-electron chi connectivity index (χ4n) is 5.18. The van der Waals surface area contributed by atoms with Crippen molar-refractivity contribution in [2.75, 3.05) is 36.9 Å². The van der Waals surface area contributed by atoms with Gasteiger partial charge in [-0.05, 0) is 49.9 Å². The summed E-state index contributed by atoms with van der Waals surface area (Å²) in [5, 5.41) is 4.01. The molecule has 2 aliphatic heterocycles. The van der Waals surface area contributed by atoms with Crippen LogP contribution in [0.3, 0.4) is 0 Å². The molecule has 0 aromatic carbocycles. The van der Waals surface area contributed by atoms with Crippen LogP contribution in [0.15, 0.2) is 24.3 Å². The molecule has 1 amide bonds. The van der Waals surface area contributed by atoms with E-state index in [9.17, 15) is 4.79 Å². The summed E-state index contributed by atoms with van der Waals surface area (Å²) < 4.78 is 11.7. The summed E-state index contributed by atoms with van der Waals surface area (Å²) in [6.07, 6.45) is 2.37. The summed E-state index contributed by atoms with van der Waals surface area (Å²) in [6.45, 7) is 4.32. The molecular formula is C24H28N6O3S. The van der Waals surface area contributed by atoms with E-state index in [1.54, 1.807) is 0 Å². The maximum Gasteiger partial charge on any atom is 0.263 e. The molecule has 1 aliphatic carbocycles. The number of hydrogen-bond donors (Lipinski definition) is 3. The fourth-order valence-corrected chi connectivity index (χ4v) is 6.23. The highest BCUT2D eigenvalue weighted by atomic mass is 32.1. The van der Waals surface area contributed by atoms with Crippen LogP contribution in [0.25, 0.3) is 10.2 Å². The van der Waals surface area contributed by atoms with Gasteiger partial charge in [0.15, 0.2) is 0 Å². The van der Waals surface area contributed by atoms with E-state index in [1.807, 2.05) is 25.1 Å². The minimum absolute atomic E-state index is 0.0377. The summed E-state index contributed by atoms with van der Waals surface area (Å²) in [5.74, 6) is 0.0490. The van der Waals surface area contributed by atoms with Crippen molar-refractivity contribution < 1.29 is 14.3 Å². The van der Waals surface area contributed by atoms with Crippen molar-refractivity contribution in [2.45, 2.75) is 44.1 Å². The lowest BCUT2D eigenvalue weighted by molar-refractivity contribution is -0.147. The molecule has 2 atom stereocenters. The molecule has 5 heterocycles. The van der Waals surface area contributed by atoms with E-state index in [-0.39, 0.29) is 18.0 Å². The van der Waals surface area contributed by atoms with Gasteiger partial charge in [0.25, 0.3) is 5.91 Å². The lowest BCUT2D eigenvalue weighted by Gasteiger charge is -2.27. The molecule has 6 rings (SSSR count). The van der Waals surface area contributed by atoms with Crippen LogP contribution in [0.2, 0.25) is 0 Å². The van der Waals surface area contributed by atoms with Crippen LogP contribution < -0.4 is 21.7 Å². The third-order valence-electron chi connectivity index (χ3n) is 7.02. The van der Waals surface area contributed by atoms with Gasteiger partial charge < -0.3 is 31.2 Å². The number of nitrogens with two attached hydrogens (primary N) is 2. The van der Waals surface area contributed by atoms with Crippen molar-refractivity contribution in [3.63, 3.8) is 0 Å². The van der Waals surface area contributed by atoms with Gasteiger partial charge in [-0.1, -0.05) is 6.07 Å². The number of nitrogens with zero attached hydrogens (tertiary/aromatic N) is 3. The van der Waals surface area contributed by atoms with E-state index in [1.165, 1.54) is 11.3 Å². The second kappa shape index (κ2) is 8.16. The van der Waals surface area contributed by atoms with Crippen LogP contribution in [0, 0.1) is 6.92 Å². The van der Waals surface area contributed by atoms with Crippen LogP contribution in [-0.2, 0) is 22.3 Å². The summed E-state index contributed by atoms with van der Waals surface area (Å²) in [5.41, 5.74) is 16.2. The van der Waals surface area contributed by atoms with Crippen LogP contribution in [0.5, 0.6) is 0 Å². The first kappa shape index (κ1) is 21.7. The molecule has 34 heavy (non-hydrogen) atoms. The molecule has 2 saturated heterocycles. The van der Waals surface area contributed by atoms with Crippen LogP contribution in [0.1, 0.15) is 33.0 Å². The van der Waals surface area contributed by atoms with Gasteiger partial charge in [0.2, 0.25) is 5.79 Å². The third-order valence-corrected chi connectivity index (χ3v) is 8.13. The maximum absolute atomic E-state index is 13.0. The largest absolute Gasteiger partial charge is 0.397 e. The number of fused-ring (bicyclic) bond motifs is 2. The first-order chi connectivity index (χ1) is 16.4. The van der Waals surface area contributed by atoms with Gasteiger partial charge in [0.1, 0.15) is 15.5 Å². The Hall–Kier alpha value is -2.79. The number of rotatable bonds is 3. The number of pyridine rings is 2. The number of aromatic nitrogens is 2. The first-order valence-electron chi connectivity index (χ1n) is 11.7. The Morgan fingerprint density at radius 2 is 2.06 bits per heavy atom. The number of amides is 1. The molecule has 3 aromatic heterocycles. The SMILES string of the molecule is Cc1ccc2c(N)c(C(=O)NC3CCc4nc(N5CC(N)C6(C5)OCCO6)ccc4C3)sc2n1. The van der Waals surface area contributed by atoms with Gasteiger partial charge in [0.05, 0.1) is 31.5 Å². The number of nitrogen functional groups attached to an aromatic ring is 1. The first-order valence-corrected chi connectivity index (χ1v) is 12.5. The predicted molar refractivity (Wildman–Crippen MR) is 131 cm³/mol. The molecule has 3 aliphatic rings. The van der Waals surface area contributed by atoms with E-state index in [4.69, 9.17) is 25.9 Å². The molecule has 5 N–H and O–H groups in total. The number of nitrogens with one attached hydrogen (secondary N) is 1. The molecule has 2 fully saturated rings.